The number of nitrogens with one attached hydrogen (secondary N) is 2. The van der Waals surface area contributed by atoms with Gasteiger partial charge in [0.1, 0.15) is 0 Å². The summed E-state index contributed by atoms with van der Waals surface area (Å²) < 4.78 is 60.1. The molecule has 1 aromatic rings. The summed E-state index contributed by atoms with van der Waals surface area (Å²) in [7, 11) is -4.73. The lowest BCUT2D eigenvalue weighted by atomic mass is 10.2. The number of rotatable bonds is 3. The van der Waals surface area contributed by atoms with Gasteiger partial charge in [0.25, 0.3) is 0 Å². The summed E-state index contributed by atoms with van der Waals surface area (Å²) in [5, 5.41) is 2.29. The van der Waals surface area contributed by atoms with E-state index in [1.165, 1.54) is 26.0 Å². The Labute approximate surface area is 107 Å². The number of benzene rings is 1. The zero-order valence-corrected chi connectivity index (χ0v) is 10.8. The second-order valence-corrected chi connectivity index (χ2v) is 5.42. The molecule has 106 valence electrons. The number of aryl methyl sites for hydroxylation is 1. The standard InChI is InChI=1S/C10H11F3N2O3S/c1-6-3-4-8(14-7(2)16)5-9(6)19(17,18)15-10(11,12)13/h3-5,15H,1-2H3,(H,14,16). The van der Waals surface area contributed by atoms with E-state index in [-0.39, 0.29) is 11.3 Å². The van der Waals surface area contributed by atoms with Gasteiger partial charge in [-0.05, 0) is 24.6 Å². The van der Waals surface area contributed by atoms with Gasteiger partial charge < -0.3 is 5.32 Å². The molecule has 0 atom stereocenters. The van der Waals surface area contributed by atoms with E-state index in [1.54, 1.807) is 0 Å². The molecule has 0 aliphatic rings. The molecule has 1 aromatic carbocycles. The smallest absolute Gasteiger partial charge is 0.326 e. The van der Waals surface area contributed by atoms with E-state index in [1.807, 2.05) is 0 Å². The van der Waals surface area contributed by atoms with Gasteiger partial charge in [0.05, 0.1) is 4.90 Å². The van der Waals surface area contributed by atoms with Gasteiger partial charge in [0, 0.05) is 12.6 Å². The fraction of sp³-hybridized carbons (Fsp3) is 0.300. The lowest BCUT2D eigenvalue weighted by Crippen LogP contribution is -2.37. The second kappa shape index (κ2) is 5.17. The zero-order valence-electron chi connectivity index (χ0n) is 10.00. The molecule has 0 aliphatic carbocycles. The molecule has 9 heteroatoms. The molecule has 1 rings (SSSR count). The maximum Gasteiger partial charge on any atom is 0.470 e. The highest BCUT2D eigenvalue weighted by Crippen LogP contribution is 2.23. The van der Waals surface area contributed by atoms with Crippen LogP contribution in [-0.2, 0) is 14.8 Å². The summed E-state index contributed by atoms with van der Waals surface area (Å²) in [5.74, 6) is -0.462. The van der Waals surface area contributed by atoms with E-state index in [9.17, 15) is 26.4 Å². The molecule has 5 nitrogen and oxygen atoms in total. The van der Waals surface area contributed by atoms with Crippen molar-refractivity contribution in [3.8, 4) is 0 Å². The lowest BCUT2D eigenvalue weighted by Gasteiger charge is -2.13. The van der Waals surface area contributed by atoms with Gasteiger partial charge in [-0.25, -0.2) is 8.42 Å². The van der Waals surface area contributed by atoms with Crippen molar-refractivity contribution in [2.45, 2.75) is 25.0 Å². The Morgan fingerprint density at radius 2 is 1.84 bits per heavy atom. The van der Waals surface area contributed by atoms with Crippen LogP contribution in [0.1, 0.15) is 12.5 Å². The molecule has 0 unspecified atom stereocenters. The summed E-state index contributed by atoms with van der Waals surface area (Å²) in [5.41, 5.74) is 0.228. The van der Waals surface area contributed by atoms with E-state index in [2.05, 4.69) is 5.32 Å². The molecule has 0 fully saturated rings. The highest BCUT2D eigenvalue weighted by atomic mass is 32.2. The number of carbonyl (C=O) groups excluding carboxylic acids is 1. The van der Waals surface area contributed by atoms with Crippen LogP contribution in [0, 0.1) is 6.92 Å². The number of halogens is 3. The first-order valence-corrected chi connectivity index (χ1v) is 6.48. The third-order valence-electron chi connectivity index (χ3n) is 2.05. The van der Waals surface area contributed by atoms with Crippen molar-refractivity contribution >= 4 is 21.6 Å². The summed E-state index contributed by atoms with van der Waals surface area (Å²) in [6.07, 6.45) is -5.06. The van der Waals surface area contributed by atoms with E-state index >= 15 is 0 Å². The molecule has 0 saturated carbocycles. The highest BCUT2D eigenvalue weighted by Gasteiger charge is 2.35. The van der Waals surface area contributed by atoms with Crippen LogP contribution in [-0.4, -0.2) is 20.6 Å². The average Bonchev–Trinajstić information content (AvgIpc) is 2.16. The number of amides is 1. The second-order valence-electron chi connectivity index (χ2n) is 3.76. The molecule has 0 aliphatic heterocycles. The van der Waals surface area contributed by atoms with Crippen molar-refractivity contribution in [1.82, 2.24) is 4.72 Å². The molecule has 0 spiro atoms. The third kappa shape index (κ3) is 4.52. The topological polar surface area (TPSA) is 75.3 Å². The number of hydrogen-bond donors (Lipinski definition) is 2. The van der Waals surface area contributed by atoms with Gasteiger partial charge in [-0.2, -0.15) is 13.2 Å². The highest BCUT2D eigenvalue weighted by molar-refractivity contribution is 7.89. The monoisotopic (exact) mass is 296 g/mol. The normalized spacial score (nSPS) is 12.3. The molecular formula is C10H11F3N2O3S. The van der Waals surface area contributed by atoms with Crippen LogP contribution in [0.15, 0.2) is 23.1 Å². The number of carbonyl (C=O) groups is 1. The predicted octanol–water partition coefficient (Wildman–Crippen LogP) is 1.75. The SMILES string of the molecule is CC(=O)Nc1ccc(C)c(S(=O)(=O)NC(F)(F)F)c1. The largest absolute Gasteiger partial charge is 0.470 e. The Hall–Kier alpha value is -1.61. The van der Waals surface area contributed by atoms with Crippen molar-refractivity contribution in [2.24, 2.45) is 0 Å². The first kappa shape index (κ1) is 15.4. The molecule has 0 bridgehead atoms. The van der Waals surface area contributed by atoms with Crippen LogP contribution < -0.4 is 10.0 Å². The molecule has 0 radical (unpaired) electrons. The van der Waals surface area contributed by atoms with Gasteiger partial charge in [0.2, 0.25) is 15.9 Å². The lowest BCUT2D eigenvalue weighted by molar-refractivity contribution is -0.138. The first-order valence-electron chi connectivity index (χ1n) is 5.00. The summed E-state index contributed by atoms with van der Waals surface area (Å²) >= 11 is 0. The molecule has 0 heterocycles. The van der Waals surface area contributed by atoms with Crippen LogP contribution in [0.5, 0.6) is 0 Å². The minimum absolute atomic E-state index is 0.0978. The first-order chi connectivity index (χ1) is 8.51. The van der Waals surface area contributed by atoms with Gasteiger partial charge in [0.15, 0.2) is 0 Å². The molecule has 1 amide bonds. The number of hydrogen-bond acceptors (Lipinski definition) is 3. The summed E-state index contributed by atoms with van der Waals surface area (Å²) in [6, 6.07) is 3.66. The fourth-order valence-electron chi connectivity index (χ4n) is 1.38. The van der Waals surface area contributed by atoms with E-state index in [0.717, 1.165) is 6.07 Å². The van der Waals surface area contributed by atoms with Crippen molar-refractivity contribution in [3.05, 3.63) is 23.8 Å². The molecular weight excluding hydrogens is 285 g/mol. The van der Waals surface area contributed by atoms with Gasteiger partial charge in [-0.3, -0.25) is 4.79 Å². The van der Waals surface area contributed by atoms with Gasteiger partial charge in [-0.15, -0.1) is 4.72 Å². The van der Waals surface area contributed by atoms with Crippen LogP contribution in [0.25, 0.3) is 0 Å². The molecule has 0 aromatic heterocycles. The van der Waals surface area contributed by atoms with Crippen LogP contribution in [0.2, 0.25) is 0 Å². The quantitative estimate of drug-likeness (QED) is 0.834. The maximum atomic E-state index is 12.1. The van der Waals surface area contributed by atoms with E-state index in [0.29, 0.717) is 4.72 Å². The Bertz CT molecular complexity index is 597. The van der Waals surface area contributed by atoms with Crippen LogP contribution in [0.3, 0.4) is 0 Å². The van der Waals surface area contributed by atoms with Crippen molar-refractivity contribution in [1.29, 1.82) is 0 Å². The number of sulfonamides is 1. The Kier molecular flexibility index (Phi) is 4.21. The zero-order chi connectivity index (χ0) is 14.8. The summed E-state index contributed by atoms with van der Waals surface area (Å²) in [4.78, 5) is 10.3. The molecule has 2 N–H and O–H groups in total. The summed E-state index contributed by atoms with van der Waals surface area (Å²) in [6.45, 7) is 2.55. The minimum atomic E-state index is -5.06. The van der Waals surface area contributed by atoms with Crippen molar-refractivity contribution in [2.75, 3.05) is 5.32 Å². The van der Waals surface area contributed by atoms with Crippen LogP contribution in [0.4, 0.5) is 18.9 Å². The van der Waals surface area contributed by atoms with E-state index in [4.69, 9.17) is 0 Å². The van der Waals surface area contributed by atoms with Crippen LogP contribution >= 0.6 is 0 Å². The Morgan fingerprint density at radius 3 is 2.32 bits per heavy atom. The minimum Gasteiger partial charge on any atom is -0.326 e. The van der Waals surface area contributed by atoms with Crippen molar-refractivity contribution in [3.63, 3.8) is 0 Å². The fourth-order valence-corrected chi connectivity index (χ4v) is 2.57. The molecule has 0 saturated heterocycles. The van der Waals surface area contributed by atoms with Gasteiger partial charge in [-0.1, -0.05) is 6.07 Å². The predicted molar refractivity (Wildman–Crippen MR) is 61.9 cm³/mol. The average molecular weight is 296 g/mol. The number of anilines is 1. The number of alkyl halides is 3. The van der Waals surface area contributed by atoms with Crippen molar-refractivity contribution < 1.29 is 26.4 Å². The molecule has 19 heavy (non-hydrogen) atoms. The Balaban J connectivity index is 3.22. The third-order valence-corrected chi connectivity index (χ3v) is 3.57. The van der Waals surface area contributed by atoms with Gasteiger partial charge >= 0.3 is 6.30 Å². The van der Waals surface area contributed by atoms with E-state index < -0.39 is 27.1 Å². The Morgan fingerprint density at radius 1 is 1.26 bits per heavy atom. The maximum absolute atomic E-state index is 12.1.